The van der Waals surface area contributed by atoms with Crippen LogP contribution in [0.5, 0.6) is 5.75 Å². The third-order valence-corrected chi connectivity index (χ3v) is 6.48. The van der Waals surface area contributed by atoms with E-state index < -0.39 is 94.3 Å². The molecule has 0 unspecified atom stereocenters. The molecule has 1 fully saturated rings. The molecule has 2 aliphatic heterocycles. The second-order valence-corrected chi connectivity index (χ2v) is 8.45. The summed E-state index contributed by atoms with van der Waals surface area (Å²) >= 11 is 0. The highest BCUT2D eigenvalue weighted by Crippen LogP contribution is 2.41. The average Bonchev–Trinajstić information content (AvgIpc) is 2.86. The maximum absolute atomic E-state index is 14.7. The van der Waals surface area contributed by atoms with Gasteiger partial charge in [-0.05, 0) is 6.92 Å². The van der Waals surface area contributed by atoms with Crippen molar-refractivity contribution in [2.75, 3.05) is 13.7 Å². The standard InChI is InChI=1S/C22H20F5N3O5/c1-9-22(26,27)5-16(35-2)15-8-29(9)21(34)17-19(32)18(31)12(7-30(15)17)20(33)28-6-11-13(24)3-10(23)4-14(11)25/h3-4,7,9,15-16,32H,5-6,8H2,1-2H3,(H,28,33)/t9-,15+,16+/m0/s1. The van der Waals surface area contributed by atoms with Gasteiger partial charge in [0.1, 0.15) is 23.0 Å². The van der Waals surface area contributed by atoms with Gasteiger partial charge in [-0.15, -0.1) is 0 Å². The fourth-order valence-electron chi connectivity index (χ4n) is 4.44. The number of ether oxygens (including phenoxy) is 1. The van der Waals surface area contributed by atoms with Gasteiger partial charge in [0.25, 0.3) is 17.7 Å². The van der Waals surface area contributed by atoms with Crippen molar-refractivity contribution < 1.29 is 41.4 Å². The molecule has 0 saturated carbocycles. The first-order valence-electron chi connectivity index (χ1n) is 10.5. The fraction of sp³-hybridized carbons (Fsp3) is 0.409. The summed E-state index contributed by atoms with van der Waals surface area (Å²) in [7, 11) is 1.19. The van der Waals surface area contributed by atoms with Crippen LogP contribution in [0.3, 0.4) is 0 Å². The van der Waals surface area contributed by atoms with Crippen molar-refractivity contribution >= 4 is 11.8 Å². The lowest BCUT2D eigenvalue weighted by Gasteiger charge is -2.38. The normalized spacial score (nSPS) is 23.0. The molecule has 1 saturated heterocycles. The van der Waals surface area contributed by atoms with Gasteiger partial charge in [0.15, 0.2) is 11.4 Å². The summed E-state index contributed by atoms with van der Waals surface area (Å²) in [6.45, 7) is 0.142. The number of amides is 2. The summed E-state index contributed by atoms with van der Waals surface area (Å²) in [5.41, 5.74) is -3.23. The van der Waals surface area contributed by atoms with Crippen molar-refractivity contribution in [3.05, 3.63) is 62.8 Å². The number of carbonyl (C=O) groups excluding carboxylic acids is 2. The Morgan fingerprint density at radius 2 is 1.86 bits per heavy atom. The van der Waals surface area contributed by atoms with E-state index in [1.165, 1.54) is 7.11 Å². The second kappa shape index (κ2) is 8.63. The van der Waals surface area contributed by atoms with Crippen LogP contribution in [0, 0.1) is 17.5 Å². The number of alkyl halides is 2. The molecule has 8 nitrogen and oxygen atoms in total. The lowest BCUT2D eigenvalue weighted by molar-refractivity contribution is -0.0849. The summed E-state index contributed by atoms with van der Waals surface area (Å²) in [5, 5.41) is 12.6. The smallest absolute Gasteiger partial charge is 0.275 e. The average molecular weight is 501 g/mol. The van der Waals surface area contributed by atoms with Crippen LogP contribution in [0.1, 0.15) is 45.8 Å². The summed E-state index contributed by atoms with van der Waals surface area (Å²) in [6.07, 6.45) is -0.996. The lowest BCUT2D eigenvalue weighted by atomic mass is 10.0. The largest absolute Gasteiger partial charge is 0.503 e. The number of hydrogen-bond acceptors (Lipinski definition) is 5. The number of nitrogens with one attached hydrogen (secondary N) is 1. The van der Waals surface area contributed by atoms with Gasteiger partial charge in [0, 0.05) is 50.5 Å². The quantitative estimate of drug-likeness (QED) is 0.627. The maximum Gasteiger partial charge on any atom is 0.275 e. The Kier molecular flexibility index (Phi) is 6.07. The van der Waals surface area contributed by atoms with E-state index in [9.17, 15) is 41.4 Å². The topological polar surface area (TPSA) is 101 Å². The summed E-state index contributed by atoms with van der Waals surface area (Å²) in [5.74, 6) is -10.4. The van der Waals surface area contributed by atoms with Gasteiger partial charge in [-0.2, -0.15) is 0 Å². The second-order valence-electron chi connectivity index (χ2n) is 8.45. The van der Waals surface area contributed by atoms with Gasteiger partial charge in [0.2, 0.25) is 5.43 Å². The Hall–Kier alpha value is -3.48. The molecule has 188 valence electrons. The first-order chi connectivity index (χ1) is 16.4. The van der Waals surface area contributed by atoms with Crippen molar-refractivity contribution in [2.45, 2.75) is 44.0 Å². The molecule has 3 atom stereocenters. The van der Waals surface area contributed by atoms with Crippen LogP contribution in [-0.2, 0) is 11.3 Å². The van der Waals surface area contributed by atoms with Crippen LogP contribution in [0.25, 0.3) is 0 Å². The first kappa shape index (κ1) is 24.6. The molecule has 0 radical (unpaired) electrons. The number of carbonyl (C=O) groups is 2. The molecule has 4 rings (SSSR count). The number of halogens is 5. The summed E-state index contributed by atoms with van der Waals surface area (Å²) < 4.78 is 76.6. The van der Waals surface area contributed by atoms with Crippen molar-refractivity contribution in [3.8, 4) is 5.75 Å². The zero-order chi connectivity index (χ0) is 25.8. The molecule has 1 aromatic heterocycles. The van der Waals surface area contributed by atoms with E-state index in [4.69, 9.17) is 4.74 Å². The minimum absolute atomic E-state index is 0.240. The number of nitrogens with zero attached hydrogens (tertiary/aromatic N) is 2. The van der Waals surface area contributed by atoms with Crippen molar-refractivity contribution in [1.29, 1.82) is 0 Å². The molecule has 2 aromatic rings. The number of aromatic nitrogens is 1. The minimum atomic E-state index is -3.34. The molecule has 2 bridgehead atoms. The van der Waals surface area contributed by atoms with Gasteiger partial charge >= 0.3 is 0 Å². The van der Waals surface area contributed by atoms with Gasteiger partial charge in [-0.3, -0.25) is 14.4 Å². The molecule has 2 aliphatic rings. The van der Waals surface area contributed by atoms with Crippen LogP contribution in [0.2, 0.25) is 0 Å². The van der Waals surface area contributed by atoms with Crippen molar-refractivity contribution in [2.24, 2.45) is 0 Å². The van der Waals surface area contributed by atoms with E-state index in [2.05, 4.69) is 5.32 Å². The van der Waals surface area contributed by atoms with Gasteiger partial charge in [-0.25, -0.2) is 22.0 Å². The Balaban J connectivity index is 1.74. The zero-order valence-electron chi connectivity index (χ0n) is 18.4. The SMILES string of the molecule is CO[C@@H]1CC(F)(F)[C@H](C)N2C[C@H]1n1cc(C(=O)NCc3c(F)cc(F)cc3F)c(=O)c(O)c1C2=O. The van der Waals surface area contributed by atoms with Crippen molar-refractivity contribution in [1.82, 2.24) is 14.8 Å². The number of fused-ring (bicyclic) bond motifs is 4. The highest BCUT2D eigenvalue weighted by molar-refractivity contribution is 5.99. The number of benzene rings is 1. The Bertz CT molecular complexity index is 1260. The predicted octanol–water partition coefficient (Wildman–Crippen LogP) is 2.34. The van der Waals surface area contributed by atoms with Gasteiger partial charge in [0.05, 0.1) is 18.2 Å². The lowest BCUT2D eigenvalue weighted by Crippen LogP contribution is -2.52. The van der Waals surface area contributed by atoms with Crippen molar-refractivity contribution in [3.63, 3.8) is 0 Å². The van der Waals surface area contributed by atoms with E-state index in [1.807, 2.05) is 0 Å². The Morgan fingerprint density at radius 3 is 2.46 bits per heavy atom. The zero-order valence-corrected chi connectivity index (χ0v) is 18.4. The number of pyridine rings is 1. The van der Waals surface area contributed by atoms with E-state index in [1.54, 1.807) is 0 Å². The summed E-state index contributed by atoms with van der Waals surface area (Å²) in [4.78, 5) is 39.2. The molecule has 13 heteroatoms. The van der Waals surface area contributed by atoms with Crippen LogP contribution in [-0.4, -0.2) is 58.1 Å². The van der Waals surface area contributed by atoms with E-state index in [-0.39, 0.29) is 6.54 Å². The van der Waals surface area contributed by atoms with Gasteiger partial charge in [-0.1, -0.05) is 0 Å². The fourth-order valence-corrected chi connectivity index (χ4v) is 4.44. The molecule has 2 N–H and O–H groups in total. The number of methoxy groups -OCH3 is 1. The molecule has 3 heterocycles. The van der Waals surface area contributed by atoms with E-state index >= 15 is 0 Å². The van der Waals surface area contributed by atoms with Crippen LogP contribution in [0.4, 0.5) is 22.0 Å². The maximum atomic E-state index is 14.7. The first-order valence-corrected chi connectivity index (χ1v) is 10.5. The molecular weight excluding hydrogens is 481 g/mol. The number of hydrogen-bond donors (Lipinski definition) is 2. The van der Waals surface area contributed by atoms with E-state index in [0.29, 0.717) is 12.1 Å². The molecule has 35 heavy (non-hydrogen) atoms. The van der Waals surface area contributed by atoms with Crippen LogP contribution in [0.15, 0.2) is 23.1 Å². The number of rotatable bonds is 4. The molecule has 0 spiro atoms. The third-order valence-electron chi connectivity index (χ3n) is 6.48. The van der Waals surface area contributed by atoms with Crippen LogP contribution < -0.4 is 10.7 Å². The highest BCUT2D eigenvalue weighted by atomic mass is 19.3. The molecular formula is C22H20F5N3O5. The minimum Gasteiger partial charge on any atom is -0.503 e. The monoisotopic (exact) mass is 501 g/mol. The van der Waals surface area contributed by atoms with E-state index in [0.717, 1.165) is 22.6 Å². The number of aromatic hydroxyl groups is 1. The highest BCUT2D eigenvalue weighted by Gasteiger charge is 2.53. The Labute approximate surface area is 194 Å². The third kappa shape index (κ3) is 4.03. The molecule has 2 amide bonds. The summed E-state index contributed by atoms with van der Waals surface area (Å²) in [6, 6.07) is -1.71. The Morgan fingerprint density at radius 1 is 1.23 bits per heavy atom. The predicted molar refractivity (Wildman–Crippen MR) is 110 cm³/mol. The van der Waals surface area contributed by atoms with Gasteiger partial charge < -0.3 is 24.6 Å². The van der Waals surface area contributed by atoms with Crippen LogP contribution >= 0.6 is 0 Å². The molecule has 1 aromatic carbocycles. The molecule has 0 aliphatic carbocycles.